The van der Waals surface area contributed by atoms with Gasteiger partial charge in [0.1, 0.15) is 0 Å². The van der Waals surface area contributed by atoms with Crippen molar-refractivity contribution in [3.63, 3.8) is 0 Å². The monoisotopic (exact) mass is 465 g/mol. The normalized spacial score (nSPS) is 26.3. The van der Waals surface area contributed by atoms with Crippen molar-refractivity contribution in [1.82, 2.24) is 9.80 Å². The van der Waals surface area contributed by atoms with Gasteiger partial charge < -0.3 is 10.6 Å². The molecular weight excluding hydrogens is 431 g/mol. The zero-order valence-corrected chi connectivity index (χ0v) is 19.0. The minimum absolute atomic E-state index is 0.129. The van der Waals surface area contributed by atoms with Gasteiger partial charge in [0.25, 0.3) is 0 Å². The van der Waals surface area contributed by atoms with Gasteiger partial charge in [-0.3, -0.25) is 14.5 Å². The van der Waals surface area contributed by atoms with Gasteiger partial charge >= 0.3 is 12.1 Å². The second kappa shape index (κ2) is 10.0. The number of primary amides is 1. The molecule has 1 unspecified atom stereocenters. The lowest BCUT2D eigenvalue weighted by Crippen LogP contribution is -2.50. The van der Waals surface area contributed by atoms with Gasteiger partial charge in [0, 0.05) is 37.3 Å². The van der Waals surface area contributed by atoms with E-state index in [4.69, 9.17) is 5.73 Å². The number of rotatable bonds is 7. The maximum absolute atomic E-state index is 13.3. The van der Waals surface area contributed by atoms with Crippen LogP contribution in [0.3, 0.4) is 0 Å². The smallest absolute Gasteiger partial charge is 0.366 e. The van der Waals surface area contributed by atoms with Gasteiger partial charge in [-0.15, -0.1) is 0 Å². The molecule has 3 aliphatic rings. The number of nitrogens with zero attached hydrogens (tertiary/aromatic N) is 2. The van der Waals surface area contributed by atoms with Crippen molar-refractivity contribution >= 4 is 11.8 Å². The highest BCUT2D eigenvalue weighted by Gasteiger charge is 2.45. The van der Waals surface area contributed by atoms with E-state index in [1.165, 1.54) is 0 Å². The molecule has 2 N–H and O–H groups in total. The van der Waals surface area contributed by atoms with Crippen LogP contribution in [0.1, 0.15) is 79.6 Å². The van der Waals surface area contributed by atoms with Crippen LogP contribution in [0.5, 0.6) is 0 Å². The van der Waals surface area contributed by atoms with Crippen LogP contribution in [0.2, 0.25) is 0 Å². The minimum atomic E-state index is -4.83. The number of amides is 2. The van der Waals surface area contributed by atoms with E-state index in [-0.39, 0.29) is 19.0 Å². The number of piperidine rings is 1. The second-order valence-electron chi connectivity index (χ2n) is 10.0. The number of fused-ring (bicyclic) bond motifs is 2. The highest BCUT2D eigenvalue weighted by Crippen LogP contribution is 2.43. The Balaban J connectivity index is 1.39. The lowest BCUT2D eigenvalue weighted by molar-refractivity contribution is -0.186. The molecular formula is C25H34F3N3O2. The van der Waals surface area contributed by atoms with Crippen LogP contribution in [0, 0.1) is 5.92 Å². The Labute approximate surface area is 193 Å². The molecule has 0 radical (unpaired) electrons. The largest absolute Gasteiger partial charge is 0.471 e. The van der Waals surface area contributed by atoms with Crippen LogP contribution < -0.4 is 5.73 Å². The van der Waals surface area contributed by atoms with Crippen molar-refractivity contribution in [2.45, 2.75) is 82.0 Å². The number of nitrogens with two attached hydrogens (primary N) is 1. The first-order chi connectivity index (χ1) is 15.7. The van der Waals surface area contributed by atoms with Crippen molar-refractivity contribution in [1.29, 1.82) is 0 Å². The zero-order chi connectivity index (χ0) is 23.6. The van der Waals surface area contributed by atoms with Crippen LogP contribution in [0.15, 0.2) is 24.3 Å². The van der Waals surface area contributed by atoms with Gasteiger partial charge in [0.2, 0.25) is 5.91 Å². The number of hydrogen-bond acceptors (Lipinski definition) is 3. The number of benzene rings is 1. The fourth-order valence-electron chi connectivity index (χ4n) is 6.23. The van der Waals surface area contributed by atoms with Crippen LogP contribution in [0.4, 0.5) is 13.2 Å². The summed E-state index contributed by atoms with van der Waals surface area (Å²) < 4.78 is 39.8. The van der Waals surface area contributed by atoms with Crippen molar-refractivity contribution in [3.8, 4) is 0 Å². The quantitative estimate of drug-likeness (QED) is 0.646. The van der Waals surface area contributed by atoms with E-state index in [1.54, 1.807) is 6.07 Å². The van der Waals surface area contributed by atoms with Crippen molar-refractivity contribution in [2.75, 3.05) is 19.6 Å². The summed E-state index contributed by atoms with van der Waals surface area (Å²) in [6.07, 6.45) is 4.05. The summed E-state index contributed by atoms with van der Waals surface area (Å²) in [5.41, 5.74) is 7.04. The minimum Gasteiger partial charge on any atom is -0.366 e. The topological polar surface area (TPSA) is 66.6 Å². The lowest BCUT2D eigenvalue weighted by Gasteiger charge is -2.40. The summed E-state index contributed by atoms with van der Waals surface area (Å²) in [7, 11) is 0. The molecule has 0 spiro atoms. The summed E-state index contributed by atoms with van der Waals surface area (Å²) in [5, 5.41) is 0. The molecule has 182 valence electrons. The Morgan fingerprint density at radius 3 is 2.30 bits per heavy atom. The molecule has 33 heavy (non-hydrogen) atoms. The molecule has 2 bridgehead atoms. The summed E-state index contributed by atoms with van der Waals surface area (Å²) in [6, 6.07) is 8.06. The third-order valence-corrected chi connectivity index (χ3v) is 7.89. The Hall–Kier alpha value is -2.09. The number of alkyl halides is 3. The predicted octanol–water partition coefficient (Wildman–Crippen LogP) is 4.47. The molecule has 1 aromatic rings. The number of hydrogen-bond donors (Lipinski definition) is 1. The summed E-state index contributed by atoms with van der Waals surface area (Å²) in [6.45, 7) is 0.825. The predicted molar refractivity (Wildman–Crippen MR) is 120 cm³/mol. The van der Waals surface area contributed by atoms with Gasteiger partial charge in [0.05, 0.1) is 0 Å². The maximum Gasteiger partial charge on any atom is 0.471 e. The highest BCUT2D eigenvalue weighted by molar-refractivity contribution is 5.92. The Bertz CT molecular complexity index is 840. The SMILES string of the molecule is NC(=O)c1cccc(C2C[C@H]3CC[C@@H](C2)N3CCN(CC2CCCCC2)C(=O)C(F)(F)F)c1. The molecule has 4 rings (SSSR count). The second-order valence-corrected chi connectivity index (χ2v) is 10.0. The molecule has 3 atom stereocenters. The Morgan fingerprint density at radius 1 is 1.03 bits per heavy atom. The third-order valence-electron chi connectivity index (χ3n) is 7.89. The molecule has 2 heterocycles. The average molecular weight is 466 g/mol. The van der Waals surface area contributed by atoms with E-state index >= 15 is 0 Å². The van der Waals surface area contributed by atoms with Crippen molar-refractivity contribution in [2.24, 2.45) is 11.7 Å². The molecule has 8 heteroatoms. The van der Waals surface area contributed by atoms with Gasteiger partial charge in [0.15, 0.2) is 0 Å². The van der Waals surface area contributed by atoms with E-state index in [0.29, 0.717) is 30.1 Å². The van der Waals surface area contributed by atoms with Crippen LogP contribution in [-0.4, -0.2) is 59.5 Å². The Morgan fingerprint density at radius 2 is 1.70 bits per heavy atom. The first-order valence-electron chi connectivity index (χ1n) is 12.2. The molecule has 1 aliphatic carbocycles. The van der Waals surface area contributed by atoms with Crippen LogP contribution >= 0.6 is 0 Å². The third kappa shape index (κ3) is 5.70. The average Bonchev–Trinajstić information content (AvgIpc) is 3.02. The van der Waals surface area contributed by atoms with Gasteiger partial charge in [-0.25, -0.2) is 0 Å². The summed E-state index contributed by atoms with van der Waals surface area (Å²) in [4.78, 5) is 27.1. The lowest BCUT2D eigenvalue weighted by atomic mass is 9.84. The fraction of sp³-hybridized carbons (Fsp3) is 0.680. The number of carbonyl (C=O) groups is 2. The number of carbonyl (C=O) groups excluding carboxylic acids is 2. The van der Waals surface area contributed by atoms with E-state index in [1.807, 2.05) is 18.2 Å². The van der Waals surface area contributed by atoms with E-state index in [9.17, 15) is 22.8 Å². The molecule has 1 saturated carbocycles. The van der Waals surface area contributed by atoms with E-state index in [0.717, 1.165) is 68.3 Å². The van der Waals surface area contributed by atoms with E-state index in [2.05, 4.69) is 4.90 Å². The van der Waals surface area contributed by atoms with Gasteiger partial charge in [-0.2, -0.15) is 13.2 Å². The molecule has 5 nitrogen and oxygen atoms in total. The fourth-order valence-corrected chi connectivity index (χ4v) is 6.23. The number of halogens is 3. The zero-order valence-electron chi connectivity index (χ0n) is 19.0. The van der Waals surface area contributed by atoms with Crippen molar-refractivity contribution in [3.05, 3.63) is 35.4 Å². The molecule has 2 saturated heterocycles. The van der Waals surface area contributed by atoms with Gasteiger partial charge in [-0.05, 0) is 68.1 Å². The van der Waals surface area contributed by atoms with E-state index < -0.39 is 18.0 Å². The summed E-state index contributed by atoms with van der Waals surface area (Å²) >= 11 is 0. The highest BCUT2D eigenvalue weighted by atomic mass is 19.4. The van der Waals surface area contributed by atoms with Gasteiger partial charge in [-0.1, -0.05) is 31.4 Å². The molecule has 3 fully saturated rings. The molecule has 1 aromatic carbocycles. The van der Waals surface area contributed by atoms with Crippen LogP contribution in [0.25, 0.3) is 0 Å². The summed E-state index contributed by atoms with van der Waals surface area (Å²) in [5.74, 6) is -1.65. The standard InChI is InChI=1S/C25H34F3N3O2/c26-25(27,28)24(33)30(16-17-5-2-1-3-6-17)11-12-31-21-9-10-22(31)15-20(14-21)18-7-4-8-19(13-18)23(29)32/h4,7-8,13,17,20-22H,1-3,5-6,9-12,14-16H2,(H2,29,32)/t20?,21-,22+. The molecule has 2 aliphatic heterocycles. The van der Waals surface area contributed by atoms with Crippen molar-refractivity contribution < 1.29 is 22.8 Å². The maximum atomic E-state index is 13.3. The first kappa shape index (κ1) is 24.0. The molecule has 0 aromatic heterocycles. The Kier molecular flexibility index (Phi) is 7.31. The van der Waals surface area contributed by atoms with Crippen LogP contribution in [-0.2, 0) is 4.79 Å². The molecule has 2 amide bonds. The first-order valence-corrected chi connectivity index (χ1v) is 12.2.